The van der Waals surface area contributed by atoms with Crippen LogP contribution in [0.15, 0.2) is 66.9 Å². The van der Waals surface area contributed by atoms with Crippen LogP contribution in [0.3, 0.4) is 0 Å². The van der Waals surface area contributed by atoms with Crippen LogP contribution < -0.4 is 29.7 Å². The van der Waals surface area contributed by atoms with Crippen LogP contribution in [0.4, 0.5) is 41.1 Å². The maximum Gasteiger partial charge on any atom is 0.425 e. The number of hydrogen-bond acceptors (Lipinski definition) is 10. The van der Waals surface area contributed by atoms with E-state index in [1.165, 1.54) is 49.6 Å². The number of hydrogen-bond donors (Lipinski definition) is 2. The average molecular weight is 694 g/mol. The summed E-state index contributed by atoms with van der Waals surface area (Å²) in [5, 5.41) is 5.47. The van der Waals surface area contributed by atoms with E-state index >= 15 is 0 Å². The third kappa shape index (κ3) is 8.41. The maximum atomic E-state index is 14.2. The number of nitrogens with one attached hydrogen (secondary N) is 2. The molecule has 0 radical (unpaired) electrons. The number of methoxy groups -OCH3 is 2. The quantitative estimate of drug-likeness (QED) is 0.199. The van der Waals surface area contributed by atoms with Crippen LogP contribution in [0, 0.1) is 6.92 Å². The summed E-state index contributed by atoms with van der Waals surface area (Å²) in [7, 11) is 6.54. The van der Waals surface area contributed by atoms with E-state index in [0.29, 0.717) is 24.4 Å². The molecule has 2 heterocycles. The number of rotatable bonds is 10. The largest absolute Gasteiger partial charge is 0.497 e. The van der Waals surface area contributed by atoms with Crippen LogP contribution >= 0.6 is 0 Å². The van der Waals surface area contributed by atoms with E-state index in [2.05, 4.69) is 25.5 Å². The second-order valence-corrected chi connectivity index (χ2v) is 11.6. The fourth-order valence-corrected chi connectivity index (χ4v) is 5.38. The Morgan fingerprint density at radius 1 is 0.940 bits per heavy atom. The Morgan fingerprint density at radius 2 is 1.70 bits per heavy atom. The van der Waals surface area contributed by atoms with Crippen molar-refractivity contribution < 1.29 is 37.0 Å². The molecule has 0 aliphatic carbocycles. The molecule has 5 rings (SSSR count). The Hall–Kier alpha value is -5.41. The normalized spacial score (nSPS) is 13.8. The molecule has 264 valence electrons. The van der Waals surface area contributed by atoms with Gasteiger partial charge in [0.15, 0.2) is 0 Å². The highest BCUT2D eigenvalue weighted by Crippen LogP contribution is 2.38. The molecule has 0 spiro atoms. The van der Waals surface area contributed by atoms with Gasteiger partial charge in [-0.25, -0.2) is 14.7 Å². The van der Waals surface area contributed by atoms with Crippen molar-refractivity contribution in [3.8, 4) is 17.2 Å². The first-order valence-electron chi connectivity index (χ1n) is 15.7. The molecule has 2 N–H and O–H groups in total. The first-order valence-corrected chi connectivity index (χ1v) is 15.7. The number of aryl methyl sites for hydroxylation is 1. The molecule has 2 amide bonds. The third-order valence-electron chi connectivity index (χ3n) is 8.21. The molecular weight excluding hydrogens is 655 g/mol. The average Bonchev–Trinajstić information content (AvgIpc) is 3.10. The van der Waals surface area contributed by atoms with Crippen molar-refractivity contribution in [2.75, 3.05) is 70.0 Å². The predicted octanol–water partition coefficient (Wildman–Crippen LogP) is 6.20. The summed E-state index contributed by atoms with van der Waals surface area (Å²) >= 11 is 0. The highest BCUT2D eigenvalue weighted by molar-refractivity contribution is 6.04. The fraction of sp³-hybridized carbons (Fsp3) is 0.314. The molecule has 0 bridgehead atoms. The zero-order valence-corrected chi connectivity index (χ0v) is 28.3. The standard InChI is InChI=1S/C35H38F3N7O5/c1-22-6-9-25(41-32(46)23-7-8-24(27(18-23)35(36,37)38)21-44-16-14-43(3)15-17-44)19-29(22)50-34(47)45(31-12-13-40-33(39-2)42-31)28-11-10-26(48-4)20-30(28)49-5/h6-13,18-20H,14-17,21H2,1-5H3,(H,41,46)(H,39,40,42). The lowest BCUT2D eigenvalue weighted by Crippen LogP contribution is -2.44. The van der Waals surface area contributed by atoms with Crippen molar-refractivity contribution in [2.45, 2.75) is 19.6 Å². The van der Waals surface area contributed by atoms with E-state index in [1.807, 2.05) is 11.9 Å². The zero-order chi connectivity index (χ0) is 36.0. The van der Waals surface area contributed by atoms with Crippen molar-refractivity contribution in [2.24, 2.45) is 0 Å². The number of benzene rings is 3. The van der Waals surface area contributed by atoms with Gasteiger partial charge in [0.25, 0.3) is 5.91 Å². The molecular formula is C35H38F3N7O5. The van der Waals surface area contributed by atoms with Crippen molar-refractivity contribution >= 4 is 35.1 Å². The maximum absolute atomic E-state index is 14.2. The van der Waals surface area contributed by atoms with E-state index in [0.717, 1.165) is 19.2 Å². The van der Waals surface area contributed by atoms with Gasteiger partial charge in [-0.05, 0) is 55.4 Å². The van der Waals surface area contributed by atoms with E-state index in [1.54, 1.807) is 44.3 Å². The summed E-state index contributed by atoms with van der Waals surface area (Å²) < 4.78 is 59.2. The third-order valence-corrected chi connectivity index (χ3v) is 8.21. The number of amides is 2. The number of anilines is 4. The molecule has 4 aromatic rings. The summed E-state index contributed by atoms with van der Waals surface area (Å²) in [5.41, 5.74) is 0.114. The molecule has 3 aromatic carbocycles. The van der Waals surface area contributed by atoms with Gasteiger partial charge in [0.2, 0.25) is 5.95 Å². The minimum atomic E-state index is -4.65. The summed E-state index contributed by atoms with van der Waals surface area (Å²) in [6.07, 6.45) is -4.05. The first-order chi connectivity index (χ1) is 23.9. The molecule has 0 saturated carbocycles. The minimum Gasteiger partial charge on any atom is -0.497 e. The van der Waals surface area contributed by atoms with E-state index < -0.39 is 23.7 Å². The van der Waals surface area contributed by atoms with Gasteiger partial charge in [-0.3, -0.25) is 9.69 Å². The number of nitrogens with zero attached hydrogens (tertiary/aromatic N) is 5. The fourth-order valence-electron chi connectivity index (χ4n) is 5.38. The Kier molecular flexibility index (Phi) is 11.1. The van der Waals surface area contributed by atoms with Gasteiger partial charge in [-0.1, -0.05) is 12.1 Å². The number of piperazine rings is 1. The van der Waals surface area contributed by atoms with Crippen LogP contribution in [0.25, 0.3) is 0 Å². The van der Waals surface area contributed by atoms with Crippen LogP contribution in [0.2, 0.25) is 0 Å². The highest BCUT2D eigenvalue weighted by Gasteiger charge is 2.35. The van der Waals surface area contributed by atoms with Gasteiger partial charge in [0, 0.05) is 75.4 Å². The molecule has 1 aromatic heterocycles. The molecule has 0 unspecified atom stereocenters. The van der Waals surface area contributed by atoms with Crippen molar-refractivity contribution in [3.63, 3.8) is 0 Å². The van der Waals surface area contributed by atoms with Gasteiger partial charge >= 0.3 is 12.3 Å². The molecule has 15 heteroatoms. The Balaban J connectivity index is 1.40. The number of halogens is 3. The number of alkyl halides is 3. The lowest BCUT2D eigenvalue weighted by molar-refractivity contribution is -0.138. The highest BCUT2D eigenvalue weighted by atomic mass is 19.4. The second-order valence-electron chi connectivity index (χ2n) is 11.6. The SMILES string of the molecule is CNc1nccc(N(C(=O)Oc2cc(NC(=O)c3ccc(CN4CCN(C)CC4)c(C(F)(F)F)c3)ccc2C)c2ccc(OC)cc2OC)n1. The van der Waals surface area contributed by atoms with E-state index in [-0.39, 0.29) is 52.3 Å². The molecule has 1 saturated heterocycles. The molecule has 1 fully saturated rings. The second kappa shape index (κ2) is 15.4. The van der Waals surface area contributed by atoms with Gasteiger partial charge in [0.05, 0.1) is 25.5 Å². The summed E-state index contributed by atoms with van der Waals surface area (Å²) in [5.74, 6) is 0.520. The minimum absolute atomic E-state index is 0.0895. The van der Waals surface area contributed by atoms with E-state index in [9.17, 15) is 22.8 Å². The molecule has 0 atom stereocenters. The lowest BCUT2D eigenvalue weighted by atomic mass is 10.0. The Morgan fingerprint density at radius 3 is 2.38 bits per heavy atom. The smallest absolute Gasteiger partial charge is 0.425 e. The topological polar surface area (TPSA) is 121 Å². The molecule has 1 aliphatic rings. The van der Waals surface area contributed by atoms with Gasteiger partial charge in [0.1, 0.15) is 23.1 Å². The van der Waals surface area contributed by atoms with Crippen LogP contribution in [0.1, 0.15) is 27.0 Å². The first kappa shape index (κ1) is 35.9. The number of aromatic nitrogens is 2. The van der Waals surface area contributed by atoms with Crippen molar-refractivity contribution in [1.82, 2.24) is 19.8 Å². The van der Waals surface area contributed by atoms with Gasteiger partial charge in [-0.15, -0.1) is 0 Å². The van der Waals surface area contributed by atoms with Crippen molar-refractivity contribution in [3.05, 3.63) is 89.1 Å². The van der Waals surface area contributed by atoms with E-state index in [4.69, 9.17) is 14.2 Å². The lowest BCUT2D eigenvalue weighted by Gasteiger charge is -2.33. The van der Waals surface area contributed by atoms with Crippen LogP contribution in [-0.2, 0) is 12.7 Å². The van der Waals surface area contributed by atoms with Crippen LogP contribution in [-0.4, -0.2) is 86.3 Å². The molecule has 1 aliphatic heterocycles. The summed E-state index contributed by atoms with van der Waals surface area (Å²) in [6, 6.07) is 14.6. The Labute approximate surface area is 287 Å². The van der Waals surface area contributed by atoms with Crippen molar-refractivity contribution in [1.29, 1.82) is 0 Å². The predicted molar refractivity (Wildman–Crippen MR) is 183 cm³/mol. The monoisotopic (exact) mass is 693 g/mol. The Bertz CT molecular complexity index is 1850. The zero-order valence-electron chi connectivity index (χ0n) is 28.3. The number of carbonyl (C=O) groups excluding carboxylic acids is 2. The molecule has 50 heavy (non-hydrogen) atoms. The van der Waals surface area contributed by atoms with Gasteiger partial charge < -0.3 is 29.7 Å². The number of likely N-dealkylation sites (N-methyl/N-ethyl adjacent to an activating group) is 1. The summed E-state index contributed by atoms with van der Waals surface area (Å²) in [6.45, 7) is 4.66. The van der Waals surface area contributed by atoms with Gasteiger partial charge in [-0.2, -0.15) is 18.2 Å². The molecule has 12 nitrogen and oxygen atoms in total. The number of carbonyl (C=O) groups is 2. The number of ether oxygens (including phenoxy) is 3. The van der Waals surface area contributed by atoms with Crippen LogP contribution in [0.5, 0.6) is 17.2 Å². The summed E-state index contributed by atoms with van der Waals surface area (Å²) in [4.78, 5) is 41.0.